The Balaban J connectivity index is 1.34. The van der Waals surface area contributed by atoms with Gasteiger partial charge in [0.05, 0.1) is 34.9 Å². The predicted octanol–water partition coefficient (Wildman–Crippen LogP) is 4.39. The van der Waals surface area contributed by atoms with Crippen LogP contribution in [-0.4, -0.2) is 49.2 Å². The van der Waals surface area contributed by atoms with Crippen LogP contribution in [0.2, 0.25) is 0 Å². The van der Waals surface area contributed by atoms with Gasteiger partial charge in [-0.3, -0.25) is 19.9 Å². The molecule has 0 spiro atoms. The van der Waals surface area contributed by atoms with Crippen molar-refractivity contribution in [2.45, 2.75) is 58.3 Å². The summed E-state index contributed by atoms with van der Waals surface area (Å²) in [6.07, 6.45) is 3.43. The summed E-state index contributed by atoms with van der Waals surface area (Å²) in [6.45, 7) is 3.48. The number of aromatic nitrogens is 4. The monoisotopic (exact) mass is 539 g/mol. The van der Waals surface area contributed by atoms with E-state index in [0.717, 1.165) is 19.3 Å². The fourth-order valence-electron chi connectivity index (χ4n) is 4.20. The normalized spacial score (nSPS) is 16.9. The van der Waals surface area contributed by atoms with E-state index in [4.69, 9.17) is 18.9 Å². The molecule has 1 unspecified atom stereocenters. The van der Waals surface area contributed by atoms with Gasteiger partial charge >= 0.3 is 12.1 Å². The molecule has 1 fully saturated rings. The van der Waals surface area contributed by atoms with Crippen molar-refractivity contribution in [3.8, 4) is 22.9 Å². The van der Waals surface area contributed by atoms with E-state index >= 15 is 0 Å². The molecule has 13 heteroatoms. The molecule has 1 saturated carbocycles. The number of hydrogen-bond donors (Lipinski definition) is 0. The number of non-ortho nitro benzene ring substituents is 1. The van der Waals surface area contributed by atoms with Gasteiger partial charge in [-0.15, -0.1) is 5.10 Å². The van der Waals surface area contributed by atoms with Gasteiger partial charge in [0.25, 0.3) is 5.69 Å². The Kier molecular flexibility index (Phi) is 8.69. The van der Waals surface area contributed by atoms with Crippen LogP contribution in [0.5, 0.6) is 11.5 Å². The number of aryl methyl sites for hydroxylation is 1. The Morgan fingerprint density at radius 2 is 1.87 bits per heavy atom. The quantitative estimate of drug-likeness (QED) is 0.164. The highest BCUT2D eigenvalue weighted by Gasteiger charge is 2.30. The molecular formula is C26H29N5O8. The summed E-state index contributed by atoms with van der Waals surface area (Å²) in [5.74, 6) is 0.315. The number of hydrogen-bond acceptors (Lipinski definition) is 11. The van der Waals surface area contributed by atoms with Crippen LogP contribution in [0.1, 0.15) is 45.2 Å². The van der Waals surface area contributed by atoms with Gasteiger partial charge in [-0.2, -0.15) is 0 Å². The van der Waals surface area contributed by atoms with Gasteiger partial charge in [-0.05, 0) is 63.8 Å². The standard InChI is InChI=1S/C26H29N5O8/c1-16(2)37-25(32)17-5-4-6-20(13-17)38-21-11-12-22(27-14-21)24-23(30(3)29-28-24)15-36-26(33)39-19-9-7-18(8-10-19)31(34)35/h7-12,14,16-17,20H,4-6,13,15H2,1-3H3/t17?,20-/m0/s1. The van der Waals surface area contributed by atoms with Gasteiger partial charge in [0.1, 0.15) is 29.5 Å². The Hall–Kier alpha value is -4.55. The second-order valence-corrected chi connectivity index (χ2v) is 9.37. The largest absolute Gasteiger partial charge is 0.514 e. The first kappa shape index (κ1) is 27.5. The van der Waals surface area contributed by atoms with E-state index in [1.807, 2.05) is 13.8 Å². The van der Waals surface area contributed by atoms with Crippen LogP contribution < -0.4 is 9.47 Å². The van der Waals surface area contributed by atoms with Crippen molar-refractivity contribution >= 4 is 17.8 Å². The molecule has 1 aliphatic rings. The Labute approximate surface area is 224 Å². The lowest BCUT2D eigenvalue weighted by atomic mass is 9.87. The molecule has 1 aromatic carbocycles. The predicted molar refractivity (Wildman–Crippen MR) is 136 cm³/mol. The van der Waals surface area contributed by atoms with Crippen LogP contribution in [0, 0.1) is 16.0 Å². The molecule has 0 N–H and O–H groups in total. The van der Waals surface area contributed by atoms with Crippen LogP contribution in [0.25, 0.3) is 11.4 Å². The number of pyridine rings is 1. The van der Waals surface area contributed by atoms with E-state index in [1.54, 1.807) is 25.4 Å². The molecule has 0 saturated heterocycles. The molecule has 0 aliphatic heterocycles. The minimum absolute atomic E-state index is 0.104. The van der Waals surface area contributed by atoms with E-state index in [0.29, 0.717) is 29.3 Å². The van der Waals surface area contributed by atoms with Crippen LogP contribution in [0.3, 0.4) is 0 Å². The van der Waals surface area contributed by atoms with Crippen molar-refractivity contribution in [1.82, 2.24) is 20.0 Å². The summed E-state index contributed by atoms with van der Waals surface area (Å²) in [6, 6.07) is 8.53. The zero-order valence-electron chi connectivity index (χ0n) is 21.8. The first-order chi connectivity index (χ1) is 18.7. The fraction of sp³-hybridized carbons (Fsp3) is 0.423. The van der Waals surface area contributed by atoms with Crippen LogP contribution in [0.15, 0.2) is 42.6 Å². The van der Waals surface area contributed by atoms with Gasteiger partial charge in [0.15, 0.2) is 0 Å². The maximum absolute atomic E-state index is 12.3. The first-order valence-corrected chi connectivity index (χ1v) is 12.5. The summed E-state index contributed by atoms with van der Waals surface area (Å²) in [4.78, 5) is 39.1. The molecule has 206 valence electrons. The minimum atomic E-state index is -0.990. The van der Waals surface area contributed by atoms with Gasteiger partial charge in [-0.25, -0.2) is 9.48 Å². The van der Waals surface area contributed by atoms with E-state index in [1.165, 1.54) is 28.9 Å². The van der Waals surface area contributed by atoms with Crippen molar-refractivity contribution in [2.24, 2.45) is 13.0 Å². The third kappa shape index (κ3) is 7.27. The highest BCUT2D eigenvalue weighted by Crippen LogP contribution is 2.30. The second kappa shape index (κ2) is 12.3. The lowest BCUT2D eigenvalue weighted by molar-refractivity contribution is -0.384. The molecule has 2 aromatic heterocycles. The van der Waals surface area contributed by atoms with Crippen molar-refractivity contribution in [1.29, 1.82) is 0 Å². The second-order valence-electron chi connectivity index (χ2n) is 9.37. The van der Waals surface area contributed by atoms with Gasteiger partial charge in [0.2, 0.25) is 0 Å². The number of esters is 1. The van der Waals surface area contributed by atoms with Crippen LogP contribution in [-0.2, 0) is 27.9 Å². The van der Waals surface area contributed by atoms with E-state index in [-0.39, 0.29) is 42.1 Å². The number of carbonyl (C=O) groups excluding carboxylic acids is 2. The number of benzene rings is 1. The molecule has 2 heterocycles. The molecule has 0 amide bonds. The lowest BCUT2D eigenvalue weighted by Crippen LogP contribution is -2.31. The number of ether oxygens (including phenoxy) is 4. The molecule has 3 aromatic rings. The number of nitro groups is 1. The van der Waals surface area contributed by atoms with E-state index in [9.17, 15) is 19.7 Å². The zero-order chi connectivity index (χ0) is 27.9. The minimum Gasteiger partial charge on any atom is -0.489 e. The maximum atomic E-state index is 12.3. The number of nitrogens with zero attached hydrogens (tertiary/aromatic N) is 5. The van der Waals surface area contributed by atoms with Crippen molar-refractivity contribution in [3.63, 3.8) is 0 Å². The Bertz CT molecular complexity index is 1310. The zero-order valence-corrected chi connectivity index (χ0v) is 21.8. The molecule has 4 rings (SSSR count). The first-order valence-electron chi connectivity index (χ1n) is 12.5. The van der Waals surface area contributed by atoms with Crippen LogP contribution >= 0.6 is 0 Å². The highest BCUT2D eigenvalue weighted by atomic mass is 16.7. The molecule has 0 bridgehead atoms. The SMILES string of the molecule is CC(C)OC(=O)C1CCC[C@H](Oc2ccc(-c3nnn(C)c3COC(=O)Oc3ccc([N+](=O)[O-])cc3)nc2)C1. The topological polar surface area (TPSA) is 158 Å². The fourth-order valence-corrected chi connectivity index (χ4v) is 4.20. The molecule has 0 radical (unpaired) electrons. The van der Waals surface area contributed by atoms with Crippen molar-refractivity contribution < 1.29 is 33.5 Å². The van der Waals surface area contributed by atoms with Gasteiger partial charge < -0.3 is 18.9 Å². The average Bonchev–Trinajstić information content (AvgIpc) is 3.28. The smallest absolute Gasteiger partial charge is 0.489 e. The van der Waals surface area contributed by atoms with Crippen molar-refractivity contribution in [3.05, 3.63) is 58.4 Å². The Morgan fingerprint density at radius 3 is 2.54 bits per heavy atom. The molecule has 13 nitrogen and oxygen atoms in total. The average molecular weight is 540 g/mol. The number of carbonyl (C=O) groups is 2. The summed E-state index contributed by atoms with van der Waals surface area (Å²) >= 11 is 0. The number of rotatable bonds is 9. The Morgan fingerprint density at radius 1 is 1.13 bits per heavy atom. The molecular weight excluding hydrogens is 510 g/mol. The maximum Gasteiger partial charge on any atom is 0.514 e. The summed E-state index contributed by atoms with van der Waals surface area (Å²) in [5.41, 5.74) is 1.27. The van der Waals surface area contributed by atoms with Crippen LogP contribution in [0.4, 0.5) is 10.5 Å². The van der Waals surface area contributed by atoms with E-state index in [2.05, 4.69) is 15.3 Å². The number of nitro benzene ring substituents is 1. The van der Waals surface area contributed by atoms with E-state index < -0.39 is 11.1 Å². The summed E-state index contributed by atoms with van der Waals surface area (Å²) < 4.78 is 23.2. The van der Waals surface area contributed by atoms with Crippen molar-refractivity contribution in [2.75, 3.05) is 0 Å². The summed E-state index contributed by atoms with van der Waals surface area (Å²) in [7, 11) is 1.65. The third-order valence-corrected chi connectivity index (χ3v) is 6.11. The summed E-state index contributed by atoms with van der Waals surface area (Å²) in [5, 5.41) is 18.9. The van der Waals surface area contributed by atoms with Gasteiger partial charge in [0, 0.05) is 19.2 Å². The third-order valence-electron chi connectivity index (χ3n) is 6.11. The highest BCUT2D eigenvalue weighted by molar-refractivity contribution is 5.72. The lowest BCUT2D eigenvalue weighted by Gasteiger charge is -2.28. The molecule has 39 heavy (non-hydrogen) atoms. The van der Waals surface area contributed by atoms with Gasteiger partial charge in [-0.1, -0.05) is 5.21 Å². The molecule has 2 atom stereocenters. The molecule has 1 aliphatic carbocycles.